The lowest BCUT2D eigenvalue weighted by Gasteiger charge is -2.06. The van der Waals surface area contributed by atoms with E-state index in [4.69, 9.17) is 16.3 Å². The van der Waals surface area contributed by atoms with Gasteiger partial charge in [0.25, 0.3) is 0 Å². The molecule has 1 N–H and O–H groups in total. The number of sulfonamides is 1. The zero-order valence-corrected chi connectivity index (χ0v) is 11.2. The Morgan fingerprint density at radius 3 is 2.83 bits per heavy atom. The number of nitrogens with one attached hydrogen (secondary N) is 1. The SMILES string of the molecule is O=S(=O)(NCCCOCCCl)c1cncc(F)c1. The number of nitrogens with zero attached hydrogens (tertiary/aromatic N) is 1. The van der Waals surface area contributed by atoms with Crippen molar-refractivity contribution in [2.24, 2.45) is 0 Å². The van der Waals surface area contributed by atoms with E-state index in [1.54, 1.807) is 0 Å². The molecule has 102 valence electrons. The van der Waals surface area contributed by atoms with Crippen molar-refractivity contribution in [3.05, 3.63) is 24.3 Å². The second kappa shape index (κ2) is 7.63. The fourth-order valence-corrected chi connectivity index (χ4v) is 2.32. The van der Waals surface area contributed by atoms with Gasteiger partial charge in [-0.25, -0.2) is 17.5 Å². The Labute approximate surface area is 110 Å². The highest BCUT2D eigenvalue weighted by Crippen LogP contribution is 2.07. The minimum atomic E-state index is -3.71. The minimum absolute atomic E-state index is 0.191. The molecule has 0 radical (unpaired) electrons. The molecule has 0 aliphatic carbocycles. The summed E-state index contributed by atoms with van der Waals surface area (Å²) >= 11 is 5.40. The molecular formula is C10H14ClFN2O3S. The van der Waals surface area contributed by atoms with Crippen molar-refractivity contribution in [2.75, 3.05) is 25.6 Å². The van der Waals surface area contributed by atoms with Gasteiger partial charge in [0.05, 0.1) is 12.8 Å². The maximum atomic E-state index is 12.8. The van der Waals surface area contributed by atoms with Crippen molar-refractivity contribution >= 4 is 21.6 Å². The smallest absolute Gasteiger partial charge is 0.242 e. The Balaban J connectivity index is 2.41. The lowest BCUT2D eigenvalue weighted by Crippen LogP contribution is -2.25. The molecule has 0 bridgehead atoms. The zero-order chi connectivity index (χ0) is 13.4. The number of hydrogen-bond acceptors (Lipinski definition) is 4. The third-order valence-corrected chi connectivity index (χ3v) is 3.55. The summed E-state index contributed by atoms with van der Waals surface area (Å²) in [6.45, 7) is 1.06. The number of aromatic nitrogens is 1. The molecule has 1 aromatic rings. The molecule has 1 aromatic heterocycles. The lowest BCUT2D eigenvalue weighted by molar-refractivity contribution is 0.147. The molecule has 0 fully saturated rings. The van der Waals surface area contributed by atoms with Crippen LogP contribution in [-0.4, -0.2) is 39.0 Å². The third-order valence-electron chi connectivity index (χ3n) is 1.97. The molecule has 0 spiro atoms. The van der Waals surface area contributed by atoms with E-state index < -0.39 is 15.8 Å². The van der Waals surface area contributed by atoms with Gasteiger partial charge in [0.2, 0.25) is 10.0 Å². The van der Waals surface area contributed by atoms with Gasteiger partial charge < -0.3 is 4.74 Å². The largest absolute Gasteiger partial charge is 0.380 e. The molecule has 1 heterocycles. The summed E-state index contributed by atoms with van der Waals surface area (Å²) in [5.74, 6) is -0.288. The van der Waals surface area contributed by atoms with E-state index in [0.717, 1.165) is 18.5 Å². The summed E-state index contributed by atoms with van der Waals surface area (Å²) < 4.78 is 43.6. The summed E-state index contributed by atoms with van der Waals surface area (Å²) in [4.78, 5) is 3.30. The summed E-state index contributed by atoms with van der Waals surface area (Å²) in [6, 6.07) is 0.916. The predicted octanol–water partition coefficient (Wildman–Crippen LogP) is 1.14. The Hall–Kier alpha value is -0.760. The van der Waals surface area contributed by atoms with Gasteiger partial charge in [-0.05, 0) is 12.5 Å². The van der Waals surface area contributed by atoms with Crippen LogP contribution in [0, 0.1) is 5.82 Å². The lowest BCUT2D eigenvalue weighted by atomic mass is 10.5. The van der Waals surface area contributed by atoms with E-state index in [1.807, 2.05) is 0 Å². The van der Waals surface area contributed by atoms with Crippen LogP contribution in [0.2, 0.25) is 0 Å². The molecule has 0 saturated carbocycles. The van der Waals surface area contributed by atoms with Crippen molar-refractivity contribution in [3.63, 3.8) is 0 Å². The van der Waals surface area contributed by atoms with Gasteiger partial charge in [-0.15, -0.1) is 11.6 Å². The number of hydrogen-bond donors (Lipinski definition) is 1. The molecule has 1 rings (SSSR count). The second-order valence-electron chi connectivity index (χ2n) is 3.39. The van der Waals surface area contributed by atoms with Crippen molar-refractivity contribution in [1.29, 1.82) is 0 Å². The van der Waals surface area contributed by atoms with Crippen LogP contribution >= 0.6 is 11.6 Å². The number of alkyl halides is 1. The van der Waals surface area contributed by atoms with Crippen molar-refractivity contribution in [2.45, 2.75) is 11.3 Å². The molecule has 0 amide bonds. The van der Waals surface area contributed by atoms with Crippen LogP contribution in [0.25, 0.3) is 0 Å². The van der Waals surface area contributed by atoms with E-state index in [9.17, 15) is 12.8 Å². The third kappa shape index (κ3) is 5.26. The number of ether oxygens (including phenoxy) is 1. The summed E-state index contributed by atoms with van der Waals surface area (Å²) in [6.07, 6.45) is 2.55. The van der Waals surface area contributed by atoms with Crippen molar-refractivity contribution in [1.82, 2.24) is 9.71 Å². The van der Waals surface area contributed by atoms with Crippen LogP contribution in [0.1, 0.15) is 6.42 Å². The topological polar surface area (TPSA) is 68.3 Å². The van der Waals surface area contributed by atoms with Gasteiger partial charge in [-0.3, -0.25) is 4.98 Å². The molecule has 5 nitrogen and oxygen atoms in total. The predicted molar refractivity (Wildman–Crippen MR) is 65.5 cm³/mol. The van der Waals surface area contributed by atoms with Crippen molar-refractivity contribution in [3.8, 4) is 0 Å². The molecule has 0 saturated heterocycles. The van der Waals surface area contributed by atoms with Gasteiger partial charge in [0.15, 0.2) is 0 Å². The number of pyridine rings is 1. The van der Waals surface area contributed by atoms with Crippen LogP contribution in [0.15, 0.2) is 23.4 Å². The fraction of sp³-hybridized carbons (Fsp3) is 0.500. The fourth-order valence-electron chi connectivity index (χ4n) is 1.16. The Morgan fingerprint density at radius 2 is 2.17 bits per heavy atom. The van der Waals surface area contributed by atoms with Crippen LogP contribution in [0.5, 0.6) is 0 Å². The number of rotatable bonds is 8. The molecular weight excluding hydrogens is 283 g/mol. The van der Waals surface area contributed by atoms with Crippen molar-refractivity contribution < 1.29 is 17.5 Å². The highest BCUT2D eigenvalue weighted by Gasteiger charge is 2.14. The highest BCUT2D eigenvalue weighted by atomic mass is 35.5. The van der Waals surface area contributed by atoms with Gasteiger partial charge in [0.1, 0.15) is 10.7 Å². The van der Waals surface area contributed by atoms with E-state index >= 15 is 0 Å². The maximum absolute atomic E-state index is 12.8. The molecule has 0 aliphatic heterocycles. The second-order valence-corrected chi connectivity index (χ2v) is 5.54. The first-order valence-electron chi connectivity index (χ1n) is 5.30. The molecule has 0 unspecified atom stereocenters. The number of halogens is 2. The summed E-state index contributed by atoms with van der Waals surface area (Å²) in [5, 5.41) is 0. The Bertz CT molecular complexity index is 470. The molecule has 0 aromatic carbocycles. The maximum Gasteiger partial charge on any atom is 0.242 e. The first-order chi connectivity index (χ1) is 8.56. The molecule has 8 heteroatoms. The quantitative estimate of drug-likeness (QED) is 0.577. The normalized spacial score (nSPS) is 11.7. The van der Waals surface area contributed by atoms with Gasteiger partial charge in [0, 0.05) is 25.2 Å². The van der Waals surface area contributed by atoms with Crippen LogP contribution < -0.4 is 4.72 Å². The average Bonchev–Trinajstić information content (AvgIpc) is 2.33. The van der Waals surface area contributed by atoms with Gasteiger partial charge in [-0.2, -0.15) is 0 Å². The van der Waals surface area contributed by atoms with Gasteiger partial charge >= 0.3 is 0 Å². The highest BCUT2D eigenvalue weighted by molar-refractivity contribution is 7.89. The van der Waals surface area contributed by atoms with E-state index in [-0.39, 0.29) is 11.4 Å². The first-order valence-corrected chi connectivity index (χ1v) is 7.32. The van der Waals surface area contributed by atoms with E-state index in [0.29, 0.717) is 25.5 Å². The van der Waals surface area contributed by atoms with E-state index in [1.165, 1.54) is 0 Å². The summed E-state index contributed by atoms with van der Waals surface area (Å²) in [5.41, 5.74) is 0. The molecule has 0 atom stereocenters. The standard InChI is InChI=1S/C10H14ClFN2O3S/c11-2-5-17-4-1-3-14-18(15,16)10-6-9(12)7-13-8-10/h6-8,14H,1-5H2. The first kappa shape index (κ1) is 15.3. The van der Waals surface area contributed by atoms with Gasteiger partial charge in [-0.1, -0.05) is 0 Å². The zero-order valence-electron chi connectivity index (χ0n) is 9.60. The summed E-state index contributed by atoms with van der Waals surface area (Å²) in [7, 11) is -3.71. The Morgan fingerprint density at radius 1 is 1.39 bits per heavy atom. The van der Waals surface area contributed by atoms with Crippen LogP contribution in [0.3, 0.4) is 0 Å². The van der Waals surface area contributed by atoms with E-state index in [2.05, 4.69) is 9.71 Å². The average molecular weight is 297 g/mol. The minimum Gasteiger partial charge on any atom is -0.380 e. The van der Waals surface area contributed by atoms with Crippen LogP contribution in [0.4, 0.5) is 4.39 Å². The monoisotopic (exact) mass is 296 g/mol. The molecule has 18 heavy (non-hydrogen) atoms. The van der Waals surface area contributed by atoms with Crippen LogP contribution in [-0.2, 0) is 14.8 Å². The molecule has 0 aliphatic rings. The Kier molecular flexibility index (Phi) is 6.48.